The maximum Gasteiger partial charge on any atom is 0.338 e. The Kier molecular flexibility index (Phi) is 7.07. The lowest BCUT2D eigenvalue weighted by Crippen LogP contribution is -2.40. The number of carboxylic acid groups (broad SMARTS) is 1. The molecule has 30 heavy (non-hydrogen) atoms. The van der Waals surface area contributed by atoms with Gasteiger partial charge in [-0.15, -0.1) is 0 Å². The summed E-state index contributed by atoms with van der Waals surface area (Å²) in [5, 5.41) is 10.8. The van der Waals surface area contributed by atoms with Crippen LogP contribution >= 0.6 is 24.0 Å². The molecule has 0 radical (unpaired) electrons. The second-order valence-corrected chi connectivity index (χ2v) is 8.08. The summed E-state index contributed by atoms with van der Waals surface area (Å²) in [6.45, 7) is 1.84. The van der Waals surface area contributed by atoms with E-state index in [-0.39, 0.29) is 15.2 Å². The van der Waals surface area contributed by atoms with Crippen LogP contribution in [0.4, 0.5) is 0 Å². The molecule has 0 atom stereocenters. The first kappa shape index (κ1) is 21.8. The average Bonchev–Trinajstić information content (AvgIpc) is 3.28. The number of amides is 1. The van der Waals surface area contributed by atoms with Gasteiger partial charge in [0.25, 0.3) is 5.91 Å². The molecule has 156 valence electrons. The Morgan fingerprint density at radius 2 is 1.97 bits per heavy atom. The second kappa shape index (κ2) is 9.73. The van der Waals surface area contributed by atoms with Gasteiger partial charge in [-0.05, 0) is 30.7 Å². The van der Waals surface area contributed by atoms with Gasteiger partial charge in [0.2, 0.25) is 0 Å². The van der Waals surface area contributed by atoms with Gasteiger partial charge in [-0.2, -0.15) is 0 Å². The van der Waals surface area contributed by atoms with Crippen LogP contribution in [0.2, 0.25) is 0 Å². The van der Waals surface area contributed by atoms with Crippen molar-refractivity contribution in [2.24, 2.45) is 0 Å². The highest BCUT2D eigenvalue weighted by molar-refractivity contribution is 8.26. The van der Waals surface area contributed by atoms with E-state index in [1.807, 2.05) is 6.92 Å². The van der Waals surface area contributed by atoms with E-state index in [4.69, 9.17) is 21.4 Å². The monoisotopic (exact) mass is 444 g/mol. The van der Waals surface area contributed by atoms with Gasteiger partial charge in [0.1, 0.15) is 15.8 Å². The van der Waals surface area contributed by atoms with E-state index >= 15 is 0 Å². The molecule has 3 rings (SSSR count). The molecule has 9 heteroatoms. The van der Waals surface area contributed by atoms with Crippen molar-refractivity contribution >= 4 is 52.2 Å². The topological polar surface area (TPSA) is 99.9 Å². The summed E-state index contributed by atoms with van der Waals surface area (Å²) >= 11 is 6.05. The summed E-state index contributed by atoms with van der Waals surface area (Å²) in [6, 6.07) is 10.3. The quantitative estimate of drug-likeness (QED) is 0.265. The number of furan rings is 1. The number of carbonyl (C=O) groups is 3. The zero-order valence-electron chi connectivity index (χ0n) is 16.1. The highest BCUT2D eigenvalue weighted by Crippen LogP contribution is 2.33. The average molecular weight is 445 g/mol. The first-order chi connectivity index (χ1) is 14.4. The molecule has 0 saturated carbocycles. The fourth-order valence-corrected chi connectivity index (χ4v) is 3.88. The van der Waals surface area contributed by atoms with Crippen molar-refractivity contribution in [3.8, 4) is 11.3 Å². The van der Waals surface area contributed by atoms with E-state index < -0.39 is 18.4 Å². The van der Waals surface area contributed by atoms with Crippen LogP contribution in [0.15, 0.2) is 45.7 Å². The number of ether oxygens (including phenoxy) is 1. The third-order valence-electron chi connectivity index (χ3n) is 4.20. The Bertz CT molecular complexity index is 1010. The van der Waals surface area contributed by atoms with Crippen molar-refractivity contribution in [2.45, 2.75) is 19.8 Å². The highest BCUT2D eigenvalue weighted by atomic mass is 32.2. The lowest BCUT2D eigenvalue weighted by atomic mass is 10.1. The Balaban J connectivity index is 1.70. The van der Waals surface area contributed by atoms with Crippen LogP contribution < -0.4 is 5.11 Å². The van der Waals surface area contributed by atoms with E-state index in [0.717, 1.165) is 35.1 Å². The van der Waals surface area contributed by atoms with Crippen molar-refractivity contribution in [1.29, 1.82) is 0 Å². The maximum absolute atomic E-state index is 12.3. The molecule has 1 aromatic carbocycles. The fourth-order valence-electron chi connectivity index (χ4n) is 2.64. The van der Waals surface area contributed by atoms with E-state index in [9.17, 15) is 19.5 Å². The van der Waals surface area contributed by atoms with Gasteiger partial charge in [0.15, 0.2) is 0 Å². The molecule has 1 fully saturated rings. The predicted molar refractivity (Wildman–Crippen MR) is 114 cm³/mol. The molecule has 0 spiro atoms. The summed E-state index contributed by atoms with van der Waals surface area (Å²) < 4.78 is 11.1. The lowest BCUT2D eigenvalue weighted by molar-refractivity contribution is -0.305. The number of rotatable bonds is 8. The van der Waals surface area contributed by atoms with Crippen LogP contribution in [0.25, 0.3) is 17.4 Å². The zero-order valence-corrected chi connectivity index (χ0v) is 17.7. The predicted octanol–water partition coefficient (Wildman–Crippen LogP) is 2.85. The largest absolute Gasteiger partial charge is 0.548 e. The molecule has 7 nitrogen and oxygen atoms in total. The Morgan fingerprint density at radius 3 is 2.63 bits per heavy atom. The van der Waals surface area contributed by atoms with Gasteiger partial charge in [0.05, 0.1) is 29.6 Å². The molecule has 1 aliphatic heterocycles. The number of esters is 1. The van der Waals surface area contributed by atoms with Crippen LogP contribution in [-0.2, 0) is 14.3 Å². The number of thiocarbonyl (C=S) groups is 1. The zero-order chi connectivity index (χ0) is 21.7. The maximum atomic E-state index is 12.3. The van der Waals surface area contributed by atoms with Gasteiger partial charge in [-0.1, -0.05) is 49.5 Å². The minimum absolute atomic E-state index is 0.156. The number of carbonyl (C=O) groups excluding carboxylic acids is 3. The molecule has 2 heterocycles. The number of carboxylic acids is 1. The molecule has 0 N–H and O–H groups in total. The number of hydrogen-bond acceptors (Lipinski definition) is 8. The first-order valence-electron chi connectivity index (χ1n) is 9.21. The standard InChI is InChI=1S/C21H19NO6S2/c1-2-3-10-27-20(26)14-6-4-13(5-7-14)16-9-8-15(28-16)11-17-19(25)22(12-18(23)24)21(29)30-17/h4-9,11H,2-3,10,12H2,1H3,(H,23,24)/p-1/b17-11+. The summed E-state index contributed by atoms with van der Waals surface area (Å²) in [5.41, 5.74) is 1.21. The Morgan fingerprint density at radius 1 is 1.23 bits per heavy atom. The summed E-state index contributed by atoms with van der Waals surface area (Å²) in [4.78, 5) is 36.3. The van der Waals surface area contributed by atoms with Crippen molar-refractivity contribution in [1.82, 2.24) is 4.90 Å². The minimum atomic E-state index is -1.38. The summed E-state index contributed by atoms with van der Waals surface area (Å²) in [5.74, 6) is -1.28. The van der Waals surface area contributed by atoms with Gasteiger partial charge in [0, 0.05) is 11.6 Å². The molecule has 0 bridgehead atoms. The smallest absolute Gasteiger partial charge is 0.338 e. The number of hydrogen-bond donors (Lipinski definition) is 0. The Labute approximate surface area is 182 Å². The molecule has 1 aliphatic rings. The number of unbranched alkanes of at least 4 members (excludes halogenated alkanes) is 1. The molecular weight excluding hydrogens is 426 g/mol. The highest BCUT2D eigenvalue weighted by Gasteiger charge is 2.32. The van der Waals surface area contributed by atoms with Crippen LogP contribution in [0.5, 0.6) is 0 Å². The molecule has 1 aromatic heterocycles. The second-order valence-electron chi connectivity index (χ2n) is 6.41. The third-order valence-corrected chi connectivity index (χ3v) is 5.57. The number of aliphatic carboxylic acids is 1. The van der Waals surface area contributed by atoms with Crippen molar-refractivity contribution in [3.05, 3.63) is 52.6 Å². The van der Waals surface area contributed by atoms with Crippen molar-refractivity contribution in [3.63, 3.8) is 0 Å². The minimum Gasteiger partial charge on any atom is -0.548 e. The summed E-state index contributed by atoms with van der Waals surface area (Å²) in [7, 11) is 0. The van der Waals surface area contributed by atoms with Crippen LogP contribution in [0.3, 0.4) is 0 Å². The first-order valence-corrected chi connectivity index (χ1v) is 10.4. The van der Waals surface area contributed by atoms with Crippen LogP contribution in [0.1, 0.15) is 35.9 Å². The third kappa shape index (κ3) is 5.17. The van der Waals surface area contributed by atoms with Crippen molar-refractivity contribution in [2.75, 3.05) is 13.2 Å². The van der Waals surface area contributed by atoms with Crippen LogP contribution in [0, 0.1) is 0 Å². The van der Waals surface area contributed by atoms with Gasteiger partial charge in [-0.3, -0.25) is 9.69 Å². The number of benzene rings is 1. The van der Waals surface area contributed by atoms with E-state index in [0.29, 0.717) is 23.7 Å². The molecule has 0 aliphatic carbocycles. The van der Waals surface area contributed by atoms with Crippen molar-refractivity contribution < 1.29 is 28.6 Å². The number of nitrogens with zero attached hydrogens (tertiary/aromatic N) is 1. The van der Waals surface area contributed by atoms with Gasteiger partial charge < -0.3 is 19.1 Å². The summed E-state index contributed by atoms with van der Waals surface area (Å²) in [6.07, 6.45) is 3.29. The van der Waals surface area contributed by atoms with Gasteiger partial charge >= 0.3 is 5.97 Å². The normalized spacial score (nSPS) is 15.1. The van der Waals surface area contributed by atoms with E-state index in [1.165, 1.54) is 6.08 Å². The van der Waals surface area contributed by atoms with Crippen LogP contribution in [-0.4, -0.2) is 40.2 Å². The van der Waals surface area contributed by atoms with E-state index in [1.54, 1.807) is 36.4 Å². The molecular formula is C21H18NO6S2-. The lowest BCUT2D eigenvalue weighted by Gasteiger charge is -2.14. The molecule has 1 saturated heterocycles. The molecule has 0 unspecified atom stereocenters. The fraction of sp³-hybridized carbons (Fsp3) is 0.238. The van der Waals surface area contributed by atoms with Gasteiger partial charge in [-0.25, -0.2) is 4.79 Å². The molecule has 2 aromatic rings. The Hall–Kier alpha value is -2.91. The molecule has 1 amide bonds. The van der Waals surface area contributed by atoms with E-state index in [2.05, 4.69) is 0 Å². The SMILES string of the molecule is CCCCOC(=O)c1ccc(-c2ccc(/C=C3/SC(=S)N(CC(=O)[O-])C3=O)o2)cc1. The number of thioether (sulfide) groups is 1.